The molecule has 0 saturated carbocycles. The van der Waals surface area contributed by atoms with Gasteiger partial charge in [0.2, 0.25) is 12.0 Å². The van der Waals surface area contributed by atoms with Gasteiger partial charge in [-0.15, -0.1) is 0 Å². The zero-order valence-corrected chi connectivity index (χ0v) is 18.5. The molecular formula is C23H24O11. The highest BCUT2D eigenvalue weighted by Crippen LogP contribution is 2.44. The van der Waals surface area contributed by atoms with Crippen LogP contribution >= 0.6 is 0 Å². The average Bonchev–Trinajstić information content (AvgIpc) is 2.81. The van der Waals surface area contributed by atoms with Gasteiger partial charge in [0.05, 0.1) is 20.3 Å². The Morgan fingerprint density at radius 3 is 2.29 bits per heavy atom. The number of aliphatic hydroxyl groups excluding tert-OH is 3. The number of hydrogen-bond donors (Lipinski definition) is 5. The number of phenols is 2. The minimum atomic E-state index is -1.66. The summed E-state index contributed by atoms with van der Waals surface area (Å²) in [4.78, 5) is 13.1. The molecule has 11 nitrogen and oxygen atoms in total. The molecule has 0 amide bonds. The maximum Gasteiger partial charge on any atom is 0.229 e. The molecule has 0 spiro atoms. The van der Waals surface area contributed by atoms with E-state index in [1.807, 2.05) is 0 Å². The standard InChI is InChI=1S/C23H24O11/c1-9-18(27)19(28)20(29)23(32-9)34-22-17-12(25)7-14(10-4-5-11(24)15(6-10)30-2)33-16(17)8-13(26)21(22)31-3/h4-9,18-20,23-24,26-29H,1-3H3/t9?,18-,19?,20-,23-/m0/s1. The number of fused-ring (bicyclic) bond motifs is 1. The first kappa shape index (κ1) is 23.6. The Hall–Kier alpha value is -3.51. The van der Waals surface area contributed by atoms with Gasteiger partial charge in [0, 0.05) is 17.7 Å². The van der Waals surface area contributed by atoms with Crippen LogP contribution in [-0.4, -0.2) is 70.5 Å². The van der Waals surface area contributed by atoms with Gasteiger partial charge in [-0.1, -0.05) is 0 Å². The molecule has 5 N–H and O–H groups in total. The van der Waals surface area contributed by atoms with Crippen molar-refractivity contribution >= 4 is 11.0 Å². The molecular weight excluding hydrogens is 452 g/mol. The second-order valence-electron chi connectivity index (χ2n) is 7.79. The summed E-state index contributed by atoms with van der Waals surface area (Å²) in [7, 11) is 2.62. The summed E-state index contributed by atoms with van der Waals surface area (Å²) >= 11 is 0. The molecule has 0 aliphatic carbocycles. The third kappa shape index (κ3) is 3.99. The first-order chi connectivity index (χ1) is 16.2. The van der Waals surface area contributed by atoms with Gasteiger partial charge in [-0.2, -0.15) is 0 Å². The van der Waals surface area contributed by atoms with Gasteiger partial charge in [0.25, 0.3) is 0 Å². The number of hydrogen-bond acceptors (Lipinski definition) is 11. The average molecular weight is 476 g/mol. The largest absolute Gasteiger partial charge is 0.504 e. The van der Waals surface area contributed by atoms with Crippen molar-refractivity contribution in [3.63, 3.8) is 0 Å². The van der Waals surface area contributed by atoms with Crippen LogP contribution in [0.2, 0.25) is 0 Å². The summed E-state index contributed by atoms with van der Waals surface area (Å²) in [6.07, 6.45) is -6.98. The lowest BCUT2D eigenvalue weighted by molar-refractivity contribution is -0.268. The van der Waals surface area contributed by atoms with Crippen molar-refractivity contribution in [1.29, 1.82) is 0 Å². The molecule has 2 unspecified atom stereocenters. The first-order valence-corrected chi connectivity index (χ1v) is 10.3. The summed E-state index contributed by atoms with van der Waals surface area (Å²) in [5.74, 6) is -0.732. The molecule has 1 aliphatic heterocycles. The topological polar surface area (TPSA) is 168 Å². The lowest BCUT2D eigenvalue weighted by Crippen LogP contribution is -2.58. The quantitative estimate of drug-likeness (QED) is 0.357. The Balaban J connectivity index is 1.85. The van der Waals surface area contributed by atoms with Crippen molar-refractivity contribution < 1.29 is 48.9 Å². The minimum Gasteiger partial charge on any atom is -0.504 e. The highest BCUT2D eigenvalue weighted by atomic mass is 16.7. The molecule has 0 bridgehead atoms. The minimum absolute atomic E-state index is 0.0678. The van der Waals surface area contributed by atoms with Crippen LogP contribution in [0.5, 0.6) is 28.7 Å². The second kappa shape index (κ2) is 9.03. The fraction of sp³-hybridized carbons (Fsp3) is 0.348. The zero-order chi connectivity index (χ0) is 24.7. The fourth-order valence-electron chi connectivity index (χ4n) is 3.77. The zero-order valence-electron chi connectivity index (χ0n) is 18.5. The van der Waals surface area contributed by atoms with Crippen molar-refractivity contribution in [2.75, 3.05) is 14.2 Å². The third-order valence-electron chi connectivity index (χ3n) is 5.62. The van der Waals surface area contributed by atoms with Crippen LogP contribution in [0.1, 0.15) is 6.92 Å². The van der Waals surface area contributed by atoms with E-state index in [-0.39, 0.29) is 39.7 Å². The van der Waals surface area contributed by atoms with Crippen LogP contribution in [0, 0.1) is 0 Å². The molecule has 1 fully saturated rings. The normalized spacial score (nSPS) is 24.7. The van der Waals surface area contributed by atoms with Gasteiger partial charge in [-0.3, -0.25) is 4.79 Å². The number of rotatable bonds is 5. The molecule has 11 heteroatoms. The number of benzene rings is 2. The maximum atomic E-state index is 13.1. The van der Waals surface area contributed by atoms with E-state index >= 15 is 0 Å². The van der Waals surface area contributed by atoms with E-state index in [2.05, 4.69) is 0 Å². The van der Waals surface area contributed by atoms with E-state index in [9.17, 15) is 30.3 Å². The van der Waals surface area contributed by atoms with Crippen molar-refractivity contribution in [2.45, 2.75) is 37.6 Å². The predicted molar refractivity (Wildman–Crippen MR) is 117 cm³/mol. The summed E-state index contributed by atoms with van der Waals surface area (Å²) in [6.45, 7) is 1.47. The Labute approximate surface area is 192 Å². The highest BCUT2D eigenvalue weighted by molar-refractivity contribution is 5.90. The van der Waals surface area contributed by atoms with Crippen LogP contribution < -0.4 is 19.6 Å². The molecule has 3 aromatic rings. The SMILES string of the molecule is COc1cc(-c2cc(=O)c3c(O[C@@H]4OC(C)[C@H](O)C(O)[C@@H]4O)c(OC)c(O)cc3o2)ccc1O. The number of aliphatic hydroxyl groups is 3. The molecule has 4 rings (SSSR count). The number of phenolic OH excluding ortho intramolecular Hbond substituents is 2. The van der Waals surface area contributed by atoms with Crippen molar-refractivity contribution in [1.82, 2.24) is 0 Å². The molecule has 1 aliphatic rings. The fourth-order valence-corrected chi connectivity index (χ4v) is 3.77. The monoisotopic (exact) mass is 476 g/mol. The van der Waals surface area contributed by atoms with Crippen LogP contribution in [0.25, 0.3) is 22.3 Å². The van der Waals surface area contributed by atoms with E-state index in [0.29, 0.717) is 5.56 Å². The van der Waals surface area contributed by atoms with Crippen LogP contribution in [0.15, 0.2) is 39.5 Å². The lowest BCUT2D eigenvalue weighted by atomic mass is 10.00. The van der Waals surface area contributed by atoms with Gasteiger partial charge in [-0.05, 0) is 25.1 Å². The maximum absolute atomic E-state index is 13.1. The van der Waals surface area contributed by atoms with Crippen LogP contribution in [-0.2, 0) is 4.74 Å². The van der Waals surface area contributed by atoms with Crippen molar-refractivity contribution in [3.8, 4) is 40.1 Å². The Morgan fingerprint density at radius 2 is 1.62 bits per heavy atom. The smallest absolute Gasteiger partial charge is 0.229 e. The van der Waals surface area contributed by atoms with E-state index < -0.39 is 41.9 Å². The van der Waals surface area contributed by atoms with Crippen molar-refractivity contribution in [3.05, 3.63) is 40.6 Å². The van der Waals surface area contributed by atoms with Gasteiger partial charge in [-0.25, -0.2) is 0 Å². The van der Waals surface area contributed by atoms with E-state index in [0.717, 1.165) is 0 Å². The molecule has 34 heavy (non-hydrogen) atoms. The molecule has 2 aromatic carbocycles. The molecule has 5 atom stereocenters. The van der Waals surface area contributed by atoms with Crippen LogP contribution in [0.4, 0.5) is 0 Å². The predicted octanol–water partition coefficient (Wildman–Crippen LogP) is 1.09. The second-order valence-corrected chi connectivity index (χ2v) is 7.79. The van der Waals surface area contributed by atoms with E-state index in [1.54, 1.807) is 0 Å². The Kier molecular flexibility index (Phi) is 6.28. The van der Waals surface area contributed by atoms with Crippen molar-refractivity contribution in [2.24, 2.45) is 0 Å². The summed E-state index contributed by atoms with van der Waals surface area (Å²) in [6, 6.07) is 6.71. The molecule has 2 heterocycles. The third-order valence-corrected chi connectivity index (χ3v) is 5.62. The molecule has 0 radical (unpaired) electrons. The van der Waals surface area contributed by atoms with Gasteiger partial charge >= 0.3 is 0 Å². The Morgan fingerprint density at radius 1 is 0.882 bits per heavy atom. The molecule has 1 saturated heterocycles. The summed E-state index contributed by atoms with van der Waals surface area (Å²) in [5.41, 5.74) is -0.222. The first-order valence-electron chi connectivity index (χ1n) is 10.3. The Bertz CT molecular complexity index is 1270. The number of methoxy groups -OCH3 is 2. The lowest BCUT2D eigenvalue weighted by Gasteiger charge is -2.39. The molecule has 182 valence electrons. The molecule has 1 aromatic heterocycles. The number of aromatic hydroxyl groups is 2. The van der Waals surface area contributed by atoms with Gasteiger partial charge in [0.15, 0.2) is 28.4 Å². The highest BCUT2D eigenvalue weighted by Gasteiger charge is 2.44. The van der Waals surface area contributed by atoms with Gasteiger partial charge < -0.3 is 48.9 Å². The number of ether oxygens (including phenoxy) is 4. The summed E-state index contributed by atoms with van der Waals surface area (Å²) in [5, 5.41) is 50.5. The van der Waals surface area contributed by atoms with Crippen LogP contribution in [0.3, 0.4) is 0 Å². The van der Waals surface area contributed by atoms with E-state index in [1.165, 1.54) is 51.5 Å². The summed E-state index contributed by atoms with van der Waals surface area (Å²) < 4.78 is 27.3. The van der Waals surface area contributed by atoms with Gasteiger partial charge in [0.1, 0.15) is 35.0 Å². The van der Waals surface area contributed by atoms with E-state index in [4.69, 9.17) is 23.4 Å².